The summed E-state index contributed by atoms with van der Waals surface area (Å²) in [5.74, 6) is -2.55. The molecule has 11 heteroatoms. The molecule has 0 unspecified atom stereocenters. The van der Waals surface area contributed by atoms with Gasteiger partial charge in [-0.15, -0.1) is 0 Å². The van der Waals surface area contributed by atoms with Crippen molar-refractivity contribution in [1.29, 1.82) is 0 Å². The summed E-state index contributed by atoms with van der Waals surface area (Å²) in [6, 6.07) is 0. The van der Waals surface area contributed by atoms with E-state index in [2.05, 4.69) is 4.52 Å². The lowest BCUT2D eigenvalue weighted by Crippen LogP contribution is -2.66. The number of phosphoric ester groups is 1. The number of rotatable bonds is 4. The molecule has 5 atom stereocenters. The lowest BCUT2D eigenvalue weighted by atomic mass is 9.93. The second-order valence-corrected chi connectivity index (χ2v) is 5.11. The summed E-state index contributed by atoms with van der Waals surface area (Å²) >= 11 is 0. The molecule has 1 saturated heterocycles. The fourth-order valence-electron chi connectivity index (χ4n) is 1.51. The van der Waals surface area contributed by atoms with E-state index in [0.29, 0.717) is 0 Å². The molecule has 1 aliphatic rings. The van der Waals surface area contributed by atoms with Gasteiger partial charge in [-0.3, -0.25) is 4.52 Å². The predicted molar refractivity (Wildman–Crippen MR) is 52.9 cm³/mol. The maximum Gasteiger partial charge on any atom is 0.469 e. The van der Waals surface area contributed by atoms with E-state index in [1.54, 1.807) is 0 Å². The number of aliphatic hydroxyl groups is 5. The van der Waals surface area contributed by atoms with E-state index in [1.807, 2.05) is 0 Å². The quantitative estimate of drug-likeness (QED) is 0.254. The highest BCUT2D eigenvalue weighted by atomic mass is 31.2. The van der Waals surface area contributed by atoms with Crippen molar-refractivity contribution in [3.8, 4) is 0 Å². The zero-order chi connectivity index (χ0) is 14.1. The molecule has 0 saturated carbocycles. The Bertz CT molecular complexity index is 330. The molecule has 10 nitrogen and oxygen atoms in total. The third-order valence-electron chi connectivity index (χ3n) is 2.51. The topological polar surface area (TPSA) is 177 Å². The summed E-state index contributed by atoms with van der Waals surface area (Å²) in [5.41, 5.74) is 0. The molecule has 0 aliphatic carbocycles. The van der Waals surface area contributed by atoms with Crippen LogP contribution >= 0.6 is 7.82 Å². The molecule has 0 aromatic heterocycles. The van der Waals surface area contributed by atoms with E-state index in [-0.39, 0.29) is 0 Å². The number of ether oxygens (including phenoxy) is 1. The highest BCUT2D eigenvalue weighted by Gasteiger charge is 2.52. The first-order chi connectivity index (χ1) is 8.10. The van der Waals surface area contributed by atoms with Crippen LogP contribution in [0.15, 0.2) is 0 Å². The molecule has 7 N–H and O–H groups in total. The molecule has 0 amide bonds. The first-order valence-corrected chi connectivity index (χ1v) is 6.39. The second-order valence-electron chi connectivity index (χ2n) is 3.87. The van der Waals surface area contributed by atoms with E-state index in [4.69, 9.17) is 19.6 Å². The van der Waals surface area contributed by atoms with Gasteiger partial charge in [0.2, 0.25) is 5.79 Å². The Labute approximate surface area is 101 Å². The van der Waals surface area contributed by atoms with Gasteiger partial charge in [-0.1, -0.05) is 0 Å². The Balaban J connectivity index is 2.77. The second kappa shape index (κ2) is 5.47. The largest absolute Gasteiger partial charge is 0.469 e. The summed E-state index contributed by atoms with van der Waals surface area (Å²) in [5, 5.41) is 46.7. The van der Waals surface area contributed by atoms with E-state index in [9.17, 15) is 25.0 Å². The molecule has 0 aromatic rings. The molecule has 1 fully saturated rings. The van der Waals surface area contributed by atoms with E-state index in [1.165, 1.54) is 0 Å². The zero-order valence-corrected chi connectivity index (χ0v) is 9.92. The molecule has 0 radical (unpaired) electrons. The van der Waals surface area contributed by atoms with Crippen LogP contribution in [0.25, 0.3) is 0 Å². The fraction of sp³-hybridized carbons (Fsp3) is 1.00. The van der Waals surface area contributed by atoms with Crippen molar-refractivity contribution in [3.63, 3.8) is 0 Å². The van der Waals surface area contributed by atoms with Crippen molar-refractivity contribution in [2.45, 2.75) is 30.2 Å². The number of hydrogen-bond acceptors (Lipinski definition) is 8. The van der Waals surface area contributed by atoms with Crippen LogP contribution in [0.4, 0.5) is 0 Å². The highest BCUT2D eigenvalue weighted by Crippen LogP contribution is 2.37. The van der Waals surface area contributed by atoms with Crippen LogP contribution < -0.4 is 0 Å². The minimum absolute atomic E-state index is 0.850. The van der Waals surface area contributed by atoms with Crippen molar-refractivity contribution in [3.05, 3.63) is 0 Å². The van der Waals surface area contributed by atoms with Gasteiger partial charge in [0.15, 0.2) is 0 Å². The van der Waals surface area contributed by atoms with Crippen molar-refractivity contribution in [1.82, 2.24) is 0 Å². The number of aliphatic hydroxyl groups excluding tert-OH is 4. The van der Waals surface area contributed by atoms with Crippen LogP contribution in [-0.2, 0) is 13.8 Å². The van der Waals surface area contributed by atoms with Crippen LogP contribution in [0.5, 0.6) is 0 Å². The molecule has 108 valence electrons. The summed E-state index contributed by atoms with van der Waals surface area (Å²) in [7, 11) is -4.82. The monoisotopic (exact) mass is 290 g/mol. The van der Waals surface area contributed by atoms with Gasteiger partial charge in [-0.2, -0.15) is 0 Å². The maximum absolute atomic E-state index is 10.5. The number of phosphoric acid groups is 1. The minimum Gasteiger partial charge on any atom is -0.391 e. The molecule has 1 aliphatic heterocycles. The first-order valence-electron chi connectivity index (χ1n) is 4.86. The predicted octanol–water partition coefficient (Wildman–Crippen LogP) is -3.74. The SMILES string of the molecule is O=P(O)(O)OC[C@@H]1O[C@](O)(CO)[C@H](O)[C@@H](O)[C@H]1O. The summed E-state index contributed by atoms with van der Waals surface area (Å²) in [6.45, 7) is -1.94. The standard InChI is InChI=1S/C7H15O10P/c8-2-7(12)6(11)5(10)4(9)3(17-7)1-16-18(13,14)15/h3-6,8-12H,1-2H2,(H2,13,14,15)/t3-,4-,5-,6+,7+/m0/s1. The molecule has 18 heavy (non-hydrogen) atoms. The van der Waals surface area contributed by atoms with E-state index >= 15 is 0 Å². The Morgan fingerprint density at radius 3 is 2.22 bits per heavy atom. The Kier molecular flexibility index (Phi) is 4.84. The average molecular weight is 290 g/mol. The number of hydrogen-bond donors (Lipinski definition) is 7. The Morgan fingerprint density at radius 1 is 1.22 bits per heavy atom. The van der Waals surface area contributed by atoms with Crippen molar-refractivity contribution < 1.29 is 49.1 Å². The van der Waals surface area contributed by atoms with Gasteiger partial charge < -0.3 is 40.1 Å². The van der Waals surface area contributed by atoms with E-state index in [0.717, 1.165) is 0 Å². The average Bonchev–Trinajstić information content (AvgIpc) is 2.28. The van der Waals surface area contributed by atoms with Gasteiger partial charge in [-0.25, -0.2) is 4.57 Å². The Hall–Kier alpha value is -0.130. The van der Waals surface area contributed by atoms with Crippen LogP contribution in [0.2, 0.25) is 0 Å². The van der Waals surface area contributed by atoms with Crippen molar-refractivity contribution in [2.75, 3.05) is 13.2 Å². The lowest BCUT2D eigenvalue weighted by Gasteiger charge is -2.44. The summed E-state index contributed by atoms with van der Waals surface area (Å²) in [6.07, 6.45) is -7.14. The molecular weight excluding hydrogens is 275 g/mol. The molecule has 1 rings (SSSR count). The molecule has 0 spiro atoms. The van der Waals surface area contributed by atoms with Gasteiger partial charge in [0.1, 0.15) is 24.4 Å². The van der Waals surface area contributed by atoms with Crippen LogP contribution in [0, 0.1) is 0 Å². The van der Waals surface area contributed by atoms with Gasteiger partial charge in [0, 0.05) is 0 Å². The summed E-state index contributed by atoms with van der Waals surface area (Å²) < 4.78 is 19.2. The van der Waals surface area contributed by atoms with Gasteiger partial charge in [-0.05, 0) is 0 Å². The molecule has 0 bridgehead atoms. The molecule has 1 heterocycles. The van der Waals surface area contributed by atoms with Gasteiger partial charge in [0.05, 0.1) is 13.2 Å². The molecule has 0 aromatic carbocycles. The Morgan fingerprint density at radius 2 is 1.78 bits per heavy atom. The zero-order valence-electron chi connectivity index (χ0n) is 9.03. The van der Waals surface area contributed by atoms with Crippen LogP contribution in [0.1, 0.15) is 0 Å². The van der Waals surface area contributed by atoms with Gasteiger partial charge in [0.25, 0.3) is 0 Å². The maximum atomic E-state index is 10.5. The van der Waals surface area contributed by atoms with Gasteiger partial charge >= 0.3 is 7.82 Å². The smallest absolute Gasteiger partial charge is 0.391 e. The van der Waals surface area contributed by atoms with Crippen LogP contribution in [-0.4, -0.2) is 78.7 Å². The van der Waals surface area contributed by atoms with Crippen LogP contribution in [0.3, 0.4) is 0 Å². The minimum atomic E-state index is -4.82. The van der Waals surface area contributed by atoms with Crippen molar-refractivity contribution >= 4 is 7.82 Å². The molecular formula is C7H15O10P. The fourth-order valence-corrected chi connectivity index (χ4v) is 1.85. The third kappa shape index (κ3) is 3.45. The lowest BCUT2D eigenvalue weighted by molar-refractivity contribution is -0.357. The first kappa shape index (κ1) is 15.9. The highest BCUT2D eigenvalue weighted by molar-refractivity contribution is 7.46. The summed E-state index contributed by atoms with van der Waals surface area (Å²) in [4.78, 5) is 16.9. The van der Waals surface area contributed by atoms with Crippen molar-refractivity contribution in [2.24, 2.45) is 0 Å². The van der Waals surface area contributed by atoms with E-state index < -0.39 is 51.2 Å². The third-order valence-corrected chi connectivity index (χ3v) is 2.99. The normalized spacial score (nSPS) is 41.9.